The standard InChI is InChI=1S/C19H22FN3O/c1-11-4-2-3-5-13(11)15-8-14(20)18-21-17(22-23(15)18)16(24)12-9-19(10-12)6-7-19/h2-5,11-15H,6-10H2,1H3/t11?,13?,14-,15-/m0/s1. The van der Waals surface area contributed by atoms with Crippen LogP contribution in [0, 0.1) is 23.2 Å². The average molecular weight is 327 g/mol. The minimum absolute atomic E-state index is 0.0208. The number of rotatable bonds is 3. The molecule has 4 nitrogen and oxygen atoms in total. The second kappa shape index (κ2) is 4.87. The Kier molecular flexibility index (Phi) is 2.95. The van der Waals surface area contributed by atoms with E-state index in [1.165, 1.54) is 12.8 Å². The number of fused-ring (bicyclic) bond motifs is 1. The largest absolute Gasteiger partial charge is 0.290 e. The maximum absolute atomic E-state index is 14.5. The molecule has 5 heteroatoms. The molecule has 126 valence electrons. The van der Waals surface area contributed by atoms with Crippen LogP contribution in [0.3, 0.4) is 0 Å². The summed E-state index contributed by atoms with van der Waals surface area (Å²) < 4.78 is 16.2. The van der Waals surface area contributed by atoms with Crippen LogP contribution in [0.15, 0.2) is 24.3 Å². The van der Waals surface area contributed by atoms with Crippen molar-refractivity contribution in [2.75, 3.05) is 0 Å². The maximum atomic E-state index is 14.5. The molecular weight excluding hydrogens is 305 g/mol. The topological polar surface area (TPSA) is 47.8 Å². The fourth-order valence-electron chi connectivity index (χ4n) is 4.79. The molecule has 0 bridgehead atoms. The van der Waals surface area contributed by atoms with E-state index >= 15 is 0 Å². The summed E-state index contributed by atoms with van der Waals surface area (Å²) >= 11 is 0. The minimum atomic E-state index is -1.12. The Hall–Kier alpha value is -1.78. The van der Waals surface area contributed by atoms with Gasteiger partial charge in [-0.15, -0.1) is 5.10 Å². The van der Waals surface area contributed by atoms with Crippen molar-refractivity contribution in [1.82, 2.24) is 14.8 Å². The van der Waals surface area contributed by atoms with Crippen LogP contribution >= 0.6 is 0 Å². The van der Waals surface area contributed by atoms with Crippen LogP contribution in [-0.2, 0) is 0 Å². The van der Waals surface area contributed by atoms with Crippen LogP contribution in [0.25, 0.3) is 0 Å². The van der Waals surface area contributed by atoms with Crippen LogP contribution in [0.5, 0.6) is 0 Å². The van der Waals surface area contributed by atoms with Gasteiger partial charge >= 0.3 is 0 Å². The fraction of sp³-hybridized carbons (Fsp3) is 0.632. The van der Waals surface area contributed by atoms with Gasteiger partial charge in [0.05, 0.1) is 6.04 Å². The van der Waals surface area contributed by atoms with Crippen LogP contribution in [0.4, 0.5) is 4.39 Å². The Labute approximate surface area is 140 Å². The van der Waals surface area contributed by atoms with Crippen molar-refractivity contribution < 1.29 is 9.18 Å². The molecular formula is C19H22FN3O. The number of ketones is 1. The summed E-state index contributed by atoms with van der Waals surface area (Å²) in [6.07, 6.45) is 12.1. The molecule has 1 spiro atoms. The molecule has 0 aromatic carbocycles. The third kappa shape index (κ3) is 2.06. The summed E-state index contributed by atoms with van der Waals surface area (Å²) in [6, 6.07) is -0.0450. The maximum Gasteiger partial charge on any atom is 0.217 e. The zero-order valence-corrected chi connectivity index (χ0v) is 13.9. The Morgan fingerprint density at radius 1 is 1.29 bits per heavy atom. The first kappa shape index (κ1) is 14.6. The molecule has 4 aliphatic rings. The van der Waals surface area contributed by atoms with Crippen molar-refractivity contribution in [3.8, 4) is 0 Å². The lowest BCUT2D eigenvalue weighted by atomic mass is 9.70. The Morgan fingerprint density at radius 3 is 2.75 bits per heavy atom. The monoisotopic (exact) mass is 327 g/mol. The highest BCUT2D eigenvalue weighted by Crippen LogP contribution is 2.63. The molecule has 0 radical (unpaired) electrons. The third-order valence-electron chi connectivity index (χ3n) is 6.52. The summed E-state index contributed by atoms with van der Waals surface area (Å²) in [7, 11) is 0. The SMILES string of the molecule is CC1C=CC=CC1[C@@H]1C[C@H](F)c2nc(C(=O)C3CC4(CC4)C3)nn21. The molecule has 2 unspecified atom stereocenters. The van der Waals surface area contributed by atoms with Crippen LogP contribution in [-0.4, -0.2) is 20.5 Å². The van der Waals surface area contributed by atoms with E-state index in [9.17, 15) is 9.18 Å². The van der Waals surface area contributed by atoms with Crippen LogP contribution in [0.2, 0.25) is 0 Å². The number of carbonyl (C=O) groups excluding carboxylic acids is 1. The fourth-order valence-corrected chi connectivity index (χ4v) is 4.79. The van der Waals surface area contributed by atoms with E-state index in [0.717, 1.165) is 12.8 Å². The quantitative estimate of drug-likeness (QED) is 0.789. The van der Waals surface area contributed by atoms with E-state index in [4.69, 9.17) is 0 Å². The van der Waals surface area contributed by atoms with E-state index in [0.29, 0.717) is 23.6 Å². The molecule has 2 fully saturated rings. The Balaban J connectivity index is 1.40. The zero-order valence-electron chi connectivity index (χ0n) is 13.9. The van der Waals surface area contributed by atoms with Gasteiger partial charge in [-0.3, -0.25) is 4.79 Å². The number of Topliss-reactive ketones (excluding diaryl/α,β-unsaturated/α-hetero) is 1. The summed E-state index contributed by atoms with van der Waals surface area (Å²) in [5.41, 5.74) is 0.475. The summed E-state index contributed by atoms with van der Waals surface area (Å²) in [5.74, 6) is 1.20. The van der Waals surface area contributed by atoms with Gasteiger partial charge in [0.1, 0.15) is 0 Å². The van der Waals surface area contributed by atoms with E-state index in [-0.39, 0.29) is 29.5 Å². The number of hydrogen-bond donors (Lipinski definition) is 0. The summed E-state index contributed by atoms with van der Waals surface area (Å²) in [5, 5.41) is 4.46. The molecule has 3 aliphatic carbocycles. The van der Waals surface area contributed by atoms with E-state index < -0.39 is 6.17 Å². The van der Waals surface area contributed by atoms with Crippen molar-refractivity contribution in [2.45, 2.75) is 51.2 Å². The van der Waals surface area contributed by atoms with Gasteiger partial charge in [-0.2, -0.15) is 0 Å². The normalized spacial score (nSPS) is 35.9. The highest BCUT2D eigenvalue weighted by Gasteiger charge is 2.55. The van der Waals surface area contributed by atoms with Crippen molar-refractivity contribution >= 4 is 5.78 Å². The molecule has 4 atom stereocenters. The van der Waals surface area contributed by atoms with Gasteiger partial charge in [0.25, 0.3) is 0 Å². The number of allylic oxidation sites excluding steroid dienone is 4. The molecule has 0 amide bonds. The molecule has 1 aliphatic heterocycles. The minimum Gasteiger partial charge on any atom is -0.290 e. The zero-order chi connectivity index (χ0) is 16.5. The van der Waals surface area contributed by atoms with Crippen molar-refractivity contribution in [3.05, 3.63) is 36.0 Å². The lowest BCUT2D eigenvalue weighted by Crippen LogP contribution is -2.32. The highest BCUT2D eigenvalue weighted by atomic mass is 19.1. The molecule has 0 saturated heterocycles. The van der Waals surface area contributed by atoms with E-state index in [2.05, 4.69) is 29.2 Å². The second-order valence-electron chi connectivity index (χ2n) is 8.18. The van der Waals surface area contributed by atoms with Gasteiger partial charge in [-0.05, 0) is 37.0 Å². The molecule has 5 rings (SSSR count). The van der Waals surface area contributed by atoms with Crippen molar-refractivity contribution in [1.29, 1.82) is 0 Å². The second-order valence-corrected chi connectivity index (χ2v) is 8.18. The molecule has 2 heterocycles. The van der Waals surface area contributed by atoms with Gasteiger partial charge in [-0.25, -0.2) is 14.1 Å². The number of alkyl halides is 1. The number of carbonyl (C=O) groups is 1. The van der Waals surface area contributed by atoms with Gasteiger partial charge in [-0.1, -0.05) is 31.2 Å². The smallest absolute Gasteiger partial charge is 0.217 e. The van der Waals surface area contributed by atoms with Crippen molar-refractivity contribution in [2.24, 2.45) is 23.2 Å². The first-order chi connectivity index (χ1) is 11.6. The lowest BCUT2D eigenvalue weighted by Gasteiger charge is -2.33. The van der Waals surface area contributed by atoms with Gasteiger partial charge in [0, 0.05) is 18.3 Å². The summed E-state index contributed by atoms with van der Waals surface area (Å²) in [6.45, 7) is 2.14. The predicted octanol–water partition coefficient (Wildman–Crippen LogP) is 3.98. The number of aromatic nitrogens is 3. The highest BCUT2D eigenvalue weighted by molar-refractivity contribution is 5.95. The molecule has 24 heavy (non-hydrogen) atoms. The van der Waals surface area contributed by atoms with Crippen molar-refractivity contribution in [3.63, 3.8) is 0 Å². The van der Waals surface area contributed by atoms with Crippen LogP contribution < -0.4 is 0 Å². The first-order valence-corrected chi connectivity index (χ1v) is 9.06. The molecule has 1 aromatic rings. The number of nitrogens with zero attached hydrogens (tertiary/aromatic N) is 3. The molecule has 2 saturated carbocycles. The third-order valence-corrected chi connectivity index (χ3v) is 6.52. The predicted molar refractivity (Wildman–Crippen MR) is 87.2 cm³/mol. The summed E-state index contributed by atoms with van der Waals surface area (Å²) in [4.78, 5) is 16.9. The van der Waals surface area contributed by atoms with Gasteiger partial charge in [0.2, 0.25) is 11.6 Å². The first-order valence-electron chi connectivity index (χ1n) is 9.06. The Bertz CT molecular complexity index is 753. The average Bonchev–Trinajstić information content (AvgIpc) is 3.13. The van der Waals surface area contributed by atoms with Gasteiger partial charge in [0.15, 0.2) is 12.0 Å². The lowest BCUT2D eigenvalue weighted by molar-refractivity contribution is 0.0728. The number of halogens is 1. The Morgan fingerprint density at radius 2 is 2.04 bits per heavy atom. The van der Waals surface area contributed by atoms with E-state index in [1.807, 2.05) is 12.2 Å². The van der Waals surface area contributed by atoms with Gasteiger partial charge < -0.3 is 0 Å². The molecule has 1 aromatic heterocycles. The number of hydrogen-bond acceptors (Lipinski definition) is 3. The molecule has 0 N–H and O–H groups in total. The van der Waals surface area contributed by atoms with E-state index in [1.54, 1.807) is 4.68 Å². The van der Waals surface area contributed by atoms with Crippen LogP contribution in [0.1, 0.15) is 67.7 Å².